The minimum Gasteiger partial charge on any atom is -0.394 e. The summed E-state index contributed by atoms with van der Waals surface area (Å²) in [6, 6.07) is 4.52. The lowest BCUT2D eigenvalue weighted by Gasteiger charge is -2.27. The van der Waals surface area contributed by atoms with Gasteiger partial charge in [-0.2, -0.15) is 0 Å². The van der Waals surface area contributed by atoms with Gasteiger partial charge in [-0.3, -0.25) is 10.1 Å². The summed E-state index contributed by atoms with van der Waals surface area (Å²) in [5.41, 5.74) is 1.00. The van der Waals surface area contributed by atoms with Crippen LogP contribution in [0.1, 0.15) is 25.7 Å². The molecule has 0 saturated heterocycles. The number of benzene rings is 1. The first-order valence-corrected chi connectivity index (χ1v) is 6.65. The molecule has 0 bridgehead atoms. The minimum atomic E-state index is -0.431. The minimum absolute atomic E-state index is 0.0328. The monoisotopic (exact) mass is 276 g/mol. The predicted octanol–water partition coefficient (Wildman–Crippen LogP) is 2.19. The average Bonchev–Trinajstić information content (AvgIpc) is 3.04. The van der Waals surface area contributed by atoms with Gasteiger partial charge in [-0.1, -0.05) is 12.8 Å². The number of anilines is 1. The molecule has 3 N–H and O–H groups in total. The van der Waals surface area contributed by atoms with Gasteiger partial charge in [0.2, 0.25) is 5.95 Å². The highest BCUT2D eigenvalue weighted by Crippen LogP contribution is 2.32. The Morgan fingerprint density at radius 3 is 2.85 bits per heavy atom. The second-order valence-electron chi connectivity index (χ2n) is 5.31. The van der Waals surface area contributed by atoms with E-state index in [4.69, 9.17) is 0 Å². The Hall–Kier alpha value is -2.15. The van der Waals surface area contributed by atoms with Gasteiger partial charge in [0.25, 0.3) is 5.69 Å². The summed E-state index contributed by atoms with van der Waals surface area (Å²) in [5.74, 6) is 0.552. The van der Waals surface area contributed by atoms with Crippen molar-refractivity contribution in [2.24, 2.45) is 0 Å². The number of imidazole rings is 1. The molecule has 1 aliphatic rings. The molecule has 3 rings (SSSR count). The highest BCUT2D eigenvalue weighted by Gasteiger charge is 2.33. The van der Waals surface area contributed by atoms with Crippen LogP contribution in [0.15, 0.2) is 18.2 Å². The van der Waals surface area contributed by atoms with Crippen molar-refractivity contribution in [1.29, 1.82) is 0 Å². The van der Waals surface area contributed by atoms with E-state index >= 15 is 0 Å². The van der Waals surface area contributed by atoms with Crippen LogP contribution < -0.4 is 5.32 Å². The maximum Gasteiger partial charge on any atom is 0.271 e. The van der Waals surface area contributed by atoms with Gasteiger partial charge in [0.05, 0.1) is 28.1 Å². The third-order valence-electron chi connectivity index (χ3n) is 3.92. The van der Waals surface area contributed by atoms with Crippen LogP contribution in [0.2, 0.25) is 0 Å². The first-order valence-electron chi connectivity index (χ1n) is 6.65. The normalized spacial score (nSPS) is 17.4. The standard InChI is InChI=1S/C13H16N4O3/c18-8-13(5-1-2-6-13)16-12-14-10-4-3-9(17(19)20)7-11(10)15-12/h3-4,7,18H,1-2,5-6,8H2,(H2,14,15,16). The lowest BCUT2D eigenvalue weighted by molar-refractivity contribution is -0.384. The number of H-pyrrole nitrogens is 1. The maximum absolute atomic E-state index is 10.8. The van der Waals surface area contributed by atoms with Crippen molar-refractivity contribution in [2.45, 2.75) is 31.2 Å². The van der Waals surface area contributed by atoms with E-state index < -0.39 is 4.92 Å². The fourth-order valence-corrected chi connectivity index (χ4v) is 2.80. The second kappa shape index (κ2) is 4.75. The van der Waals surface area contributed by atoms with E-state index in [0.717, 1.165) is 25.7 Å². The number of aromatic nitrogens is 2. The lowest BCUT2D eigenvalue weighted by atomic mass is 9.99. The van der Waals surface area contributed by atoms with Crippen LogP contribution in [0.4, 0.5) is 11.6 Å². The van der Waals surface area contributed by atoms with Gasteiger partial charge in [0.1, 0.15) is 0 Å². The van der Waals surface area contributed by atoms with Crippen LogP contribution >= 0.6 is 0 Å². The van der Waals surface area contributed by atoms with Crippen molar-refractivity contribution in [3.05, 3.63) is 28.3 Å². The third-order valence-corrected chi connectivity index (χ3v) is 3.92. The summed E-state index contributed by atoms with van der Waals surface area (Å²) in [4.78, 5) is 17.7. The van der Waals surface area contributed by atoms with Gasteiger partial charge in [0, 0.05) is 12.1 Å². The number of aliphatic hydroxyl groups is 1. The van der Waals surface area contributed by atoms with Crippen LogP contribution in [0.3, 0.4) is 0 Å². The highest BCUT2D eigenvalue weighted by atomic mass is 16.6. The topological polar surface area (TPSA) is 104 Å². The number of fused-ring (bicyclic) bond motifs is 1. The Balaban J connectivity index is 1.91. The maximum atomic E-state index is 10.8. The Bertz CT molecular complexity index is 646. The molecule has 0 atom stereocenters. The van der Waals surface area contributed by atoms with E-state index in [0.29, 0.717) is 17.0 Å². The number of nitrogens with zero attached hydrogens (tertiary/aromatic N) is 2. The van der Waals surface area contributed by atoms with Gasteiger partial charge >= 0.3 is 0 Å². The molecule has 7 nitrogen and oxygen atoms in total. The molecule has 20 heavy (non-hydrogen) atoms. The van der Waals surface area contributed by atoms with Crippen molar-refractivity contribution in [3.8, 4) is 0 Å². The summed E-state index contributed by atoms with van der Waals surface area (Å²) in [5, 5.41) is 23.6. The number of hydrogen-bond acceptors (Lipinski definition) is 5. The van der Waals surface area contributed by atoms with E-state index in [1.807, 2.05) is 0 Å². The molecule has 0 aliphatic heterocycles. The number of aliphatic hydroxyl groups excluding tert-OH is 1. The second-order valence-corrected chi connectivity index (χ2v) is 5.31. The van der Waals surface area contributed by atoms with Crippen molar-refractivity contribution in [1.82, 2.24) is 9.97 Å². The fourth-order valence-electron chi connectivity index (χ4n) is 2.80. The summed E-state index contributed by atoms with van der Waals surface area (Å²) in [6.45, 7) is 0.0597. The first-order chi connectivity index (χ1) is 9.62. The molecule has 1 fully saturated rings. The zero-order valence-electron chi connectivity index (χ0n) is 10.9. The van der Waals surface area contributed by atoms with Gasteiger partial charge in [0.15, 0.2) is 0 Å². The van der Waals surface area contributed by atoms with Crippen molar-refractivity contribution in [2.75, 3.05) is 11.9 Å². The van der Waals surface area contributed by atoms with E-state index in [-0.39, 0.29) is 17.8 Å². The number of rotatable bonds is 4. The highest BCUT2D eigenvalue weighted by molar-refractivity contribution is 5.80. The van der Waals surface area contributed by atoms with E-state index in [9.17, 15) is 15.2 Å². The van der Waals surface area contributed by atoms with E-state index in [2.05, 4.69) is 15.3 Å². The van der Waals surface area contributed by atoms with Gasteiger partial charge in [-0.05, 0) is 18.9 Å². The number of nitrogens with one attached hydrogen (secondary N) is 2. The summed E-state index contributed by atoms with van der Waals surface area (Å²) in [7, 11) is 0. The Morgan fingerprint density at radius 1 is 1.45 bits per heavy atom. The molecule has 1 aromatic heterocycles. The Kier molecular flexibility index (Phi) is 3.06. The zero-order chi connectivity index (χ0) is 14.2. The van der Waals surface area contributed by atoms with E-state index in [1.165, 1.54) is 12.1 Å². The molecular weight excluding hydrogens is 260 g/mol. The Labute approximate surface area is 115 Å². The smallest absolute Gasteiger partial charge is 0.271 e. The van der Waals surface area contributed by atoms with Gasteiger partial charge in [-0.15, -0.1) is 0 Å². The third kappa shape index (κ3) is 2.20. The van der Waals surface area contributed by atoms with E-state index in [1.54, 1.807) is 6.07 Å². The lowest BCUT2D eigenvalue weighted by Crippen LogP contribution is -2.39. The number of aromatic amines is 1. The van der Waals surface area contributed by atoms with Crippen LogP contribution in [-0.2, 0) is 0 Å². The zero-order valence-corrected chi connectivity index (χ0v) is 10.9. The predicted molar refractivity (Wildman–Crippen MR) is 74.7 cm³/mol. The van der Waals surface area contributed by atoms with Gasteiger partial charge < -0.3 is 15.4 Å². The van der Waals surface area contributed by atoms with Crippen molar-refractivity contribution < 1.29 is 10.0 Å². The molecule has 1 aliphatic carbocycles. The van der Waals surface area contributed by atoms with Crippen molar-refractivity contribution >= 4 is 22.7 Å². The number of nitro benzene ring substituents is 1. The Morgan fingerprint density at radius 2 is 2.20 bits per heavy atom. The molecular formula is C13H16N4O3. The molecule has 1 heterocycles. The van der Waals surface area contributed by atoms with Crippen LogP contribution in [0.5, 0.6) is 0 Å². The SMILES string of the molecule is O=[N+]([O-])c1ccc2nc(NC3(CO)CCCC3)[nH]c2c1. The molecule has 106 valence electrons. The van der Waals surface area contributed by atoms with Crippen molar-refractivity contribution in [3.63, 3.8) is 0 Å². The molecule has 0 radical (unpaired) electrons. The molecule has 1 saturated carbocycles. The quantitative estimate of drug-likeness (QED) is 0.586. The largest absolute Gasteiger partial charge is 0.394 e. The number of non-ortho nitro benzene ring substituents is 1. The fraction of sp³-hybridized carbons (Fsp3) is 0.462. The van der Waals surface area contributed by atoms with Gasteiger partial charge in [-0.25, -0.2) is 4.98 Å². The van der Waals surface area contributed by atoms with Crippen LogP contribution in [0.25, 0.3) is 11.0 Å². The average molecular weight is 276 g/mol. The van der Waals surface area contributed by atoms with Crippen LogP contribution in [-0.4, -0.2) is 32.1 Å². The number of nitro groups is 1. The molecule has 2 aromatic rings. The molecule has 0 unspecified atom stereocenters. The summed E-state index contributed by atoms with van der Waals surface area (Å²) >= 11 is 0. The van der Waals surface area contributed by atoms with Crippen LogP contribution in [0, 0.1) is 10.1 Å². The summed E-state index contributed by atoms with van der Waals surface area (Å²) in [6.07, 6.45) is 3.97. The number of hydrogen-bond donors (Lipinski definition) is 3. The summed E-state index contributed by atoms with van der Waals surface area (Å²) < 4.78 is 0. The molecule has 7 heteroatoms. The molecule has 0 spiro atoms. The molecule has 1 aromatic carbocycles. The first kappa shape index (κ1) is 12.9. The molecule has 0 amide bonds.